The number of nitrogens with zero attached hydrogens (tertiary/aromatic N) is 16. The molecule has 6 aromatic heterocycles. The van der Waals surface area contributed by atoms with E-state index in [0.717, 1.165) is 45.6 Å². The van der Waals surface area contributed by atoms with Crippen LogP contribution in [-0.2, 0) is 81.6 Å². The number of esters is 1. The number of aliphatic hydroxyl groups excluding tert-OH is 3. The summed E-state index contributed by atoms with van der Waals surface area (Å²) < 4.78 is 53.0. The van der Waals surface area contributed by atoms with E-state index in [1.807, 2.05) is 92.4 Å². The van der Waals surface area contributed by atoms with Crippen molar-refractivity contribution in [2.75, 3.05) is 110 Å². The van der Waals surface area contributed by atoms with E-state index in [9.17, 15) is 49.2 Å². The molecular formula is C95H129N19O18. The van der Waals surface area contributed by atoms with Crippen LogP contribution in [0.25, 0.3) is 55.8 Å². The number of nitrogens with one attached hydrogen (secondary N) is 1. The molecule has 16 atom stereocenters. The first-order chi connectivity index (χ1) is 63.7. The number of nitrogen functional groups attached to an aromatic ring is 2. The van der Waals surface area contributed by atoms with Crippen LogP contribution in [0.2, 0.25) is 0 Å². The van der Waals surface area contributed by atoms with Crippen LogP contribution in [0.3, 0.4) is 0 Å². The average Bonchev–Trinajstić information content (AvgIpc) is 1.46. The zero-order chi connectivity index (χ0) is 93.7. The number of unbranched alkanes of at least 4 members (excludes halogenated alkanes) is 1. The van der Waals surface area contributed by atoms with Crippen molar-refractivity contribution in [2.24, 2.45) is 35.5 Å². The summed E-state index contributed by atoms with van der Waals surface area (Å²) in [6.07, 6.45) is 20.2. The van der Waals surface area contributed by atoms with E-state index in [1.54, 1.807) is 75.9 Å². The van der Waals surface area contributed by atoms with Crippen LogP contribution >= 0.6 is 0 Å². The van der Waals surface area contributed by atoms with E-state index < -0.39 is 89.5 Å². The topological polar surface area (TPSA) is 479 Å². The van der Waals surface area contributed by atoms with Gasteiger partial charge in [-0.1, -0.05) is 99.7 Å². The van der Waals surface area contributed by atoms with Crippen LogP contribution in [0.1, 0.15) is 157 Å². The van der Waals surface area contributed by atoms with Crippen LogP contribution in [0.5, 0.6) is 0 Å². The quantitative estimate of drug-likeness (QED) is 0.00959. The summed E-state index contributed by atoms with van der Waals surface area (Å²) in [7, 11) is 3.23. The number of anilines is 3. The summed E-state index contributed by atoms with van der Waals surface area (Å²) in [5.74, 6) is -8.41. The number of ether oxygens (including phenoxy) is 7. The lowest BCUT2D eigenvalue weighted by Crippen LogP contribution is -2.61. The number of methoxy groups -OCH3 is 2. The van der Waals surface area contributed by atoms with Gasteiger partial charge in [0.1, 0.15) is 53.5 Å². The van der Waals surface area contributed by atoms with E-state index >= 15 is 0 Å². The average molecular weight is 1830 g/mol. The minimum Gasteiger partial charge on any atom is -0.460 e. The molecule has 0 spiro atoms. The van der Waals surface area contributed by atoms with Gasteiger partial charge in [-0.05, 0) is 150 Å². The molecule has 3 saturated heterocycles. The Morgan fingerprint density at radius 1 is 0.773 bits per heavy atom. The van der Waals surface area contributed by atoms with E-state index in [1.165, 1.54) is 17.3 Å². The first kappa shape index (κ1) is 98.7. The Morgan fingerprint density at radius 2 is 1.55 bits per heavy atom. The van der Waals surface area contributed by atoms with Crippen molar-refractivity contribution in [1.82, 2.24) is 79.8 Å². The number of Topliss-reactive ketones (excluding diaryl/α,β-unsaturated/α-hetero) is 3. The Hall–Kier alpha value is -10.8. The summed E-state index contributed by atoms with van der Waals surface area (Å²) >= 11 is 0. The largest absolute Gasteiger partial charge is 0.460 e. The van der Waals surface area contributed by atoms with Crippen LogP contribution in [0.15, 0.2) is 126 Å². The molecule has 1 aliphatic carbocycles. The number of oxazole rings is 1. The van der Waals surface area contributed by atoms with E-state index in [4.69, 9.17) is 64.1 Å². The van der Waals surface area contributed by atoms with Gasteiger partial charge >= 0.3 is 5.97 Å². The maximum Gasteiger partial charge on any atom is 0.329 e. The molecule has 2 aromatic carbocycles. The molecule has 8 aromatic rings. The highest BCUT2D eigenvalue weighted by atomic mass is 16.6. The Morgan fingerprint density at radius 3 is 2.33 bits per heavy atom. The van der Waals surface area contributed by atoms with Gasteiger partial charge in [-0.25, -0.2) is 38.8 Å². The van der Waals surface area contributed by atoms with Crippen molar-refractivity contribution < 1.29 is 86.8 Å². The zero-order valence-corrected chi connectivity index (χ0v) is 77.1. The molecular weight excluding hydrogens is 1700 g/mol. The fourth-order valence-electron chi connectivity index (χ4n) is 18.6. The number of ketones is 3. The molecule has 0 radical (unpaired) electrons. The molecule has 13 rings (SSSR count). The van der Waals surface area contributed by atoms with Gasteiger partial charge in [0.25, 0.3) is 17.7 Å². The third-order valence-electron chi connectivity index (χ3n) is 26.4. The number of piperidine rings is 1. The minimum absolute atomic E-state index is 0.00886. The maximum atomic E-state index is 14.9. The first-order valence-electron chi connectivity index (χ1n) is 46.3. The highest BCUT2D eigenvalue weighted by Gasteiger charge is 2.53. The number of carbonyl (C=O) groups excluding carboxylic acids is 6. The van der Waals surface area contributed by atoms with Gasteiger partial charge in [-0.3, -0.25) is 28.9 Å². The number of hydrogen-bond donors (Lipinski definition) is 7. The number of fused-ring (bicyclic) bond motifs is 5. The van der Waals surface area contributed by atoms with Crippen LogP contribution in [0.4, 0.5) is 17.8 Å². The molecule has 132 heavy (non-hydrogen) atoms. The number of aliphatic hydroxyl groups is 4. The molecule has 2 bridgehead atoms. The van der Waals surface area contributed by atoms with Crippen LogP contribution < -0.4 is 21.7 Å². The number of aryl methyl sites for hydroxylation is 1. The van der Waals surface area contributed by atoms with Gasteiger partial charge in [0.15, 0.2) is 17.0 Å². The lowest BCUT2D eigenvalue weighted by atomic mass is 9.77. The molecule has 9 unspecified atom stereocenters. The van der Waals surface area contributed by atoms with Gasteiger partial charge in [-0.15, -0.1) is 10.2 Å². The molecule has 712 valence electrons. The summed E-state index contributed by atoms with van der Waals surface area (Å²) in [6.45, 7) is 18.1. The van der Waals surface area contributed by atoms with Crippen LogP contribution in [0, 0.1) is 35.5 Å². The zero-order valence-electron chi connectivity index (χ0n) is 77.1. The molecule has 2 amide bonds. The van der Waals surface area contributed by atoms with Crippen LogP contribution in [-0.4, -0.2) is 278 Å². The maximum absolute atomic E-state index is 14.9. The van der Waals surface area contributed by atoms with Crippen molar-refractivity contribution >= 4 is 75.0 Å². The Kier molecular flexibility index (Phi) is 34.9. The number of amides is 2. The molecule has 4 fully saturated rings. The number of piperazine rings is 1. The number of carbonyl (C=O) groups is 6. The van der Waals surface area contributed by atoms with Gasteiger partial charge in [-0.2, -0.15) is 10.1 Å². The SMILES string of the molecule is COC1C[C@@H]2CC[C@@H](C)[C@@](O)(O2)C(=O)C(=O)N2CCCC[C@H]2C(=O)OC(C(C)CC2CC[C@H](n3nncc3-c3cccc(-c4cnc(N5CCN(Cc6cn(CCOCCOCCOCCC(=O)NCCCCn7nc(-c8ccc9oc(N)nc9c8)c8c(N)ncnc87)nn6)C(CO)C5)nc4)c3)[C@H](OC)C2)CC(=O)C(C)/C=C(\C)C(O)[C@@H](O)C(=O)C(C)CC(C)/C=C/C=CC=C1C. The Balaban J connectivity index is 0.554. The molecule has 1 saturated carbocycles. The molecule has 37 nitrogen and oxygen atoms in total. The van der Waals surface area contributed by atoms with Crippen molar-refractivity contribution in [3.05, 3.63) is 127 Å². The first-order valence-corrected chi connectivity index (χ1v) is 46.3. The van der Waals surface area contributed by atoms with Gasteiger partial charge in [0, 0.05) is 132 Å². The monoisotopic (exact) mass is 1820 g/mol. The number of benzene rings is 2. The lowest BCUT2D eigenvalue weighted by Gasteiger charge is -2.42. The molecule has 4 aliphatic heterocycles. The number of hydrogen-bond acceptors (Lipinski definition) is 32. The van der Waals surface area contributed by atoms with Gasteiger partial charge in [0.05, 0.1) is 106 Å². The highest BCUT2D eigenvalue weighted by Crippen LogP contribution is 2.43. The highest BCUT2D eigenvalue weighted by molar-refractivity contribution is 6.39. The molecule has 10 heterocycles. The van der Waals surface area contributed by atoms with Gasteiger partial charge < -0.3 is 84.6 Å². The fourth-order valence-corrected chi connectivity index (χ4v) is 18.6. The molecule has 37 heteroatoms. The lowest BCUT2D eigenvalue weighted by molar-refractivity contribution is -0.265. The molecule has 9 N–H and O–H groups in total. The Labute approximate surface area is 768 Å². The summed E-state index contributed by atoms with van der Waals surface area (Å²) in [4.78, 5) is 113. The predicted octanol–water partition coefficient (Wildman–Crippen LogP) is 8.55. The van der Waals surface area contributed by atoms with Gasteiger partial charge in [0.2, 0.25) is 17.6 Å². The summed E-state index contributed by atoms with van der Waals surface area (Å²) in [5.41, 5.74) is 20.4. The second kappa shape index (κ2) is 46.7. The fraction of sp³-hybridized carbons (Fsp3) is 0.579. The second-order valence-corrected chi connectivity index (χ2v) is 35.9. The number of cyclic esters (lactones) is 1. The minimum atomic E-state index is -2.49. The smallest absolute Gasteiger partial charge is 0.329 e. The number of allylic oxidation sites excluding steroid dienone is 6. The number of nitrogens with two attached hydrogens (primary N) is 2. The van der Waals surface area contributed by atoms with E-state index in [0.29, 0.717) is 183 Å². The van der Waals surface area contributed by atoms with Crippen molar-refractivity contribution in [2.45, 2.75) is 225 Å². The van der Waals surface area contributed by atoms with Crippen molar-refractivity contribution in [1.29, 1.82) is 0 Å². The standard InChI is InChI=1S/C95H129N19O18/c1-58-18-11-10-12-19-59(2)79(125-8)48-72-26-23-64(7)95(124,132-72)88(121)91(122)112-31-15-13-22-75(112)92(123)130-80(49-77(116)60(3)43-63(6)86(119)87(120)85(118)62(5)42-58)61(4)44-65-24-27-74(81(45-65)126-9)114-76(52-103-107-114)67-21-17-20-66(46-67)69-50-99-94(100-51-69)110-34-33-109(71(55-110)56-115)53-70-54-111(108-105-70)35-37-128-39-41-129-40-38-127-36-29-82(117)98-30-14-16-32-113-90-83(89(96)101-57-102-90)84(106-113)68-25-28-78-73(47-68)104-93(97)131-78/h10-12,17-21,25,28,43,46-47,50-52,54,57-58,60-62,64-65,71-72,74-75,79-81,86-87,115,119-120,124H,13-16,22-24,26-27,29-42,44-45,48-49,53,55-56H2,1-9H3,(H2,97,104)(H,98,117)(H2,96,101,102)/b12-10?,18-11+,59-19?,63-43+/t58?,60?,61?,62?,64-,65?,71?,72+,74+,75+,79?,80?,81-,86?,87+,95-/m1/s1. The summed E-state index contributed by atoms with van der Waals surface area (Å²) in [6, 6.07) is 11.9. The third kappa shape index (κ3) is 25.0. The van der Waals surface area contributed by atoms with E-state index in [-0.39, 0.29) is 98.7 Å². The Bertz CT molecular complexity index is 5340. The predicted molar refractivity (Wildman–Crippen MR) is 490 cm³/mol. The van der Waals surface area contributed by atoms with Crippen molar-refractivity contribution in [3.8, 4) is 33.6 Å². The summed E-state index contributed by atoms with van der Waals surface area (Å²) in [5, 5.41) is 71.9. The second-order valence-electron chi connectivity index (χ2n) is 35.9. The van der Waals surface area contributed by atoms with Crippen molar-refractivity contribution in [3.63, 3.8) is 0 Å². The normalized spacial score (nSPS) is 26.7. The third-order valence-corrected chi connectivity index (χ3v) is 26.4. The molecule has 5 aliphatic rings. The number of rotatable bonds is 30. The number of aromatic nitrogens is 13. The van der Waals surface area contributed by atoms with E-state index in [2.05, 4.69) is 56.8 Å².